The lowest BCUT2D eigenvalue weighted by atomic mass is 10.1. The Labute approximate surface area is 170 Å². The Bertz CT molecular complexity index is 993. The quantitative estimate of drug-likeness (QED) is 0.537. The van der Waals surface area contributed by atoms with E-state index in [2.05, 4.69) is 16.7 Å². The van der Waals surface area contributed by atoms with Gasteiger partial charge in [0.2, 0.25) is 11.7 Å². The fraction of sp³-hybridized carbons (Fsp3) is 0.261. The third kappa shape index (κ3) is 5.31. The lowest BCUT2D eigenvalue weighted by Gasteiger charge is -2.19. The SMILES string of the molecule is C=CCN(Cc1nc(-c2ccc(C)cc2)no1)C(=O)COc1ccc(C)cc1C. The van der Waals surface area contributed by atoms with Crippen LogP contribution < -0.4 is 4.74 Å². The summed E-state index contributed by atoms with van der Waals surface area (Å²) in [6.07, 6.45) is 1.66. The Morgan fingerprint density at radius 2 is 1.86 bits per heavy atom. The van der Waals surface area contributed by atoms with Gasteiger partial charge in [-0.1, -0.05) is 58.8 Å². The van der Waals surface area contributed by atoms with E-state index in [1.54, 1.807) is 11.0 Å². The molecule has 0 saturated carbocycles. The monoisotopic (exact) mass is 391 g/mol. The van der Waals surface area contributed by atoms with E-state index in [4.69, 9.17) is 9.26 Å². The van der Waals surface area contributed by atoms with Crippen LogP contribution in [0.5, 0.6) is 5.75 Å². The van der Waals surface area contributed by atoms with Crippen molar-refractivity contribution in [2.45, 2.75) is 27.3 Å². The minimum absolute atomic E-state index is 0.0727. The summed E-state index contributed by atoms with van der Waals surface area (Å²) in [5, 5.41) is 4.02. The molecular formula is C23H25N3O3. The maximum Gasteiger partial charge on any atom is 0.261 e. The van der Waals surface area contributed by atoms with Crippen molar-refractivity contribution < 1.29 is 14.1 Å². The number of nitrogens with zero attached hydrogens (tertiary/aromatic N) is 3. The molecule has 0 aliphatic rings. The number of aromatic nitrogens is 2. The van der Waals surface area contributed by atoms with Gasteiger partial charge >= 0.3 is 0 Å². The predicted octanol–water partition coefficient (Wildman–Crippen LogP) is 4.26. The molecule has 3 aromatic rings. The van der Waals surface area contributed by atoms with E-state index < -0.39 is 0 Å². The molecule has 1 aromatic heterocycles. The molecular weight excluding hydrogens is 366 g/mol. The Kier molecular flexibility index (Phi) is 6.44. The topological polar surface area (TPSA) is 68.5 Å². The Morgan fingerprint density at radius 1 is 1.14 bits per heavy atom. The Hall–Kier alpha value is -3.41. The van der Waals surface area contributed by atoms with Crippen LogP contribution in [0.25, 0.3) is 11.4 Å². The second kappa shape index (κ2) is 9.19. The normalized spacial score (nSPS) is 10.6. The molecule has 1 amide bonds. The van der Waals surface area contributed by atoms with Crippen molar-refractivity contribution in [2.75, 3.05) is 13.2 Å². The van der Waals surface area contributed by atoms with Gasteiger partial charge in [0, 0.05) is 12.1 Å². The van der Waals surface area contributed by atoms with Gasteiger partial charge in [-0.25, -0.2) is 0 Å². The number of hydrogen-bond donors (Lipinski definition) is 0. The van der Waals surface area contributed by atoms with Crippen LogP contribution in [0.3, 0.4) is 0 Å². The van der Waals surface area contributed by atoms with Gasteiger partial charge in [0.25, 0.3) is 5.91 Å². The van der Waals surface area contributed by atoms with Crippen molar-refractivity contribution in [3.63, 3.8) is 0 Å². The van der Waals surface area contributed by atoms with Crippen molar-refractivity contribution in [1.29, 1.82) is 0 Å². The number of carbonyl (C=O) groups is 1. The van der Waals surface area contributed by atoms with Crippen LogP contribution in [0.1, 0.15) is 22.6 Å². The second-order valence-electron chi connectivity index (χ2n) is 7.00. The van der Waals surface area contributed by atoms with Crippen molar-refractivity contribution in [2.24, 2.45) is 0 Å². The summed E-state index contributed by atoms with van der Waals surface area (Å²) in [6, 6.07) is 13.7. The molecule has 0 unspecified atom stereocenters. The number of carbonyl (C=O) groups excluding carboxylic acids is 1. The van der Waals surface area contributed by atoms with E-state index in [0.717, 1.165) is 22.3 Å². The zero-order chi connectivity index (χ0) is 20.8. The zero-order valence-electron chi connectivity index (χ0n) is 17.0. The van der Waals surface area contributed by atoms with Gasteiger partial charge in [-0.05, 0) is 32.4 Å². The van der Waals surface area contributed by atoms with Gasteiger partial charge in [-0.2, -0.15) is 4.98 Å². The zero-order valence-corrected chi connectivity index (χ0v) is 17.0. The molecule has 0 atom stereocenters. The lowest BCUT2D eigenvalue weighted by molar-refractivity contribution is -0.133. The summed E-state index contributed by atoms with van der Waals surface area (Å²) < 4.78 is 11.1. The van der Waals surface area contributed by atoms with Crippen LogP contribution in [-0.2, 0) is 11.3 Å². The molecule has 0 fully saturated rings. The van der Waals surface area contributed by atoms with Gasteiger partial charge in [0.15, 0.2) is 6.61 Å². The first-order valence-electron chi connectivity index (χ1n) is 9.44. The highest BCUT2D eigenvalue weighted by molar-refractivity contribution is 5.78. The molecule has 29 heavy (non-hydrogen) atoms. The van der Waals surface area contributed by atoms with Gasteiger partial charge in [0.1, 0.15) is 12.3 Å². The molecule has 6 heteroatoms. The van der Waals surface area contributed by atoms with Crippen molar-refractivity contribution >= 4 is 5.91 Å². The molecule has 2 aromatic carbocycles. The van der Waals surface area contributed by atoms with Gasteiger partial charge in [0.05, 0.1) is 0 Å². The highest BCUT2D eigenvalue weighted by Gasteiger charge is 2.18. The molecule has 0 spiro atoms. The van der Waals surface area contributed by atoms with Crippen molar-refractivity contribution in [3.05, 3.63) is 77.7 Å². The van der Waals surface area contributed by atoms with Gasteiger partial charge < -0.3 is 14.2 Å². The number of ether oxygens (including phenoxy) is 1. The summed E-state index contributed by atoms with van der Waals surface area (Å²) in [5.41, 5.74) is 4.16. The molecule has 1 heterocycles. The molecule has 0 aliphatic carbocycles. The third-order valence-corrected chi connectivity index (χ3v) is 4.49. The van der Waals surface area contributed by atoms with E-state index >= 15 is 0 Å². The minimum atomic E-state index is -0.181. The average Bonchev–Trinajstić information content (AvgIpc) is 3.16. The highest BCUT2D eigenvalue weighted by Crippen LogP contribution is 2.19. The standard InChI is InChI=1S/C23H25N3O3/c1-5-12-26(22(27)15-28-20-11-8-17(3)13-18(20)4)14-21-24-23(25-29-21)19-9-6-16(2)7-10-19/h5-11,13H,1,12,14-15H2,2-4H3. The first-order valence-corrected chi connectivity index (χ1v) is 9.44. The number of aryl methyl sites for hydroxylation is 3. The van der Waals surface area contributed by atoms with Crippen LogP contribution in [0.15, 0.2) is 59.6 Å². The average molecular weight is 391 g/mol. The summed E-state index contributed by atoms with van der Waals surface area (Å²) in [6.45, 7) is 10.2. The predicted molar refractivity (Wildman–Crippen MR) is 111 cm³/mol. The first-order chi connectivity index (χ1) is 14.0. The van der Waals surface area contributed by atoms with Crippen molar-refractivity contribution in [3.8, 4) is 17.1 Å². The van der Waals surface area contributed by atoms with E-state index in [1.807, 2.05) is 63.2 Å². The summed E-state index contributed by atoms with van der Waals surface area (Å²) >= 11 is 0. The summed E-state index contributed by atoms with van der Waals surface area (Å²) in [4.78, 5) is 18.6. The largest absolute Gasteiger partial charge is 0.483 e. The molecule has 6 nitrogen and oxygen atoms in total. The van der Waals surface area contributed by atoms with Crippen LogP contribution >= 0.6 is 0 Å². The maximum atomic E-state index is 12.7. The highest BCUT2D eigenvalue weighted by atomic mass is 16.5. The van der Waals surface area contributed by atoms with Crippen LogP contribution in [0.2, 0.25) is 0 Å². The molecule has 0 N–H and O–H groups in total. The van der Waals surface area contributed by atoms with Crippen LogP contribution in [0.4, 0.5) is 0 Å². The number of amides is 1. The number of rotatable bonds is 8. The van der Waals surface area contributed by atoms with E-state index in [1.165, 1.54) is 0 Å². The Morgan fingerprint density at radius 3 is 2.55 bits per heavy atom. The smallest absolute Gasteiger partial charge is 0.261 e. The molecule has 0 radical (unpaired) electrons. The summed E-state index contributed by atoms with van der Waals surface area (Å²) in [5.74, 6) is 1.38. The molecule has 0 bridgehead atoms. The van der Waals surface area contributed by atoms with E-state index in [9.17, 15) is 4.79 Å². The van der Waals surface area contributed by atoms with Crippen molar-refractivity contribution in [1.82, 2.24) is 15.0 Å². The Balaban J connectivity index is 1.65. The van der Waals surface area contributed by atoms with E-state index in [0.29, 0.717) is 24.0 Å². The van der Waals surface area contributed by atoms with Gasteiger partial charge in [-0.3, -0.25) is 4.79 Å². The fourth-order valence-corrected chi connectivity index (χ4v) is 2.90. The number of hydrogen-bond acceptors (Lipinski definition) is 5. The molecule has 0 saturated heterocycles. The molecule has 3 rings (SSSR count). The molecule has 0 aliphatic heterocycles. The minimum Gasteiger partial charge on any atom is -0.483 e. The molecule has 150 valence electrons. The fourth-order valence-electron chi connectivity index (χ4n) is 2.90. The third-order valence-electron chi connectivity index (χ3n) is 4.49. The summed E-state index contributed by atoms with van der Waals surface area (Å²) in [7, 11) is 0. The van der Waals surface area contributed by atoms with Gasteiger partial charge in [-0.15, -0.1) is 6.58 Å². The maximum absolute atomic E-state index is 12.7. The lowest BCUT2D eigenvalue weighted by Crippen LogP contribution is -2.34. The second-order valence-corrected chi connectivity index (χ2v) is 7.00. The first kappa shape index (κ1) is 20.3. The van der Waals surface area contributed by atoms with Crippen LogP contribution in [0, 0.1) is 20.8 Å². The van der Waals surface area contributed by atoms with Crippen LogP contribution in [-0.4, -0.2) is 34.1 Å². The number of benzene rings is 2. The van der Waals surface area contributed by atoms with E-state index in [-0.39, 0.29) is 19.1 Å².